The zero-order valence-electron chi connectivity index (χ0n) is 5.54. The molecule has 0 aliphatic heterocycles. The standard InChI is InChI=1S/C8H10N/c1-3-8-4-6-9(2)7-5-8/h1,4-7H,3H2,2H3/q+1. The maximum absolute atomic E-state index is 5.39. The lowest BCUT2D eigenvalue weighted by Crippen LogP contribution is -2.25. The molecule has 0 bridgehead atoms. The van der Waals surface area contributed by atoms with E-state index in [1.165, 1.54) is 5.56 Å². The molecule has 1 aromatic heterocycles. The Kier molecular flexibility index (Phi) is 1.83. The van der Waals surface area contributed by atoms with E-state index >= 15 is 0 Å². The van der Waals surface area contributed by atoms with Crippen LogP contribution in [0, 0.1) is 6.92 Å². The van der Waals surface area contributed by atoms with Crippen LogP contribution in [0.15, 0.2) is 24.5 Å². The van der Waals surface area contributed by atoms with Crippen LogP contribution in [-0.2, 0) is 13.5 Å². The molecule has 0 unspecified atom stereocenters. The van der Waals surface area contributed by atoms with Gasteiger partial charge in [-0.1, -0.05) is 0 Å². The highest BCUT2D eigenvalue weighted by Crippen LogP contribution is 1.93. The molecule has 0 spiro atoms. The molecule has 0 fully saturated rings. The van der Waals surface area contributed by atoms with Crippen LogP contribution >= 0.6 is 0 Å². The van der Waals surface area contributed by atoms with Gasteiger partial charge in [-0.15, -0.1) is 0 Å². The average molecular weight is 120 g/mol. The molecule has 0 aromatic carbocycles. The largest absolute Gasteiger partial charge is 0.208 e. The van der Waals surface area contributed by atoms with Crippen LogP contribution in [0.1, 0.15) is 5.56 Å². The van der Waals surface area contributed by atoms with Gasteiger partial charge in [0.05, 0.1) is 0 Å². The highest BCUT2D eigenvalue weighted by molar-refractivity contribution is 5.07. The Morgan fingerprint density at radius 1 is 1.44 bits per heavy atom. The molecule has 9 heavy (non-hydrogen) atoms. The smallest absolute Gasteiger partial charge is 0.168 e. The maximum atomic E-state index is 5.39. The zero-order valence-corrected chi connectivity index (χ0v) is 5.54. The monoisotopic (exact) mass is 120 g/mol. The first kappa shape index (κ1) is 6.27. The Morgan fingerprint density at radius 2 is 2.00 bits per heavy atom. The first-order chi connectivity index (χ1) is 4.33. The fraction of sp³-hybridized carbons (Fsp3) is 0.250. The number of aryl methyl sites for hydroxylation is 1. The minimum Gasteiger partial charge on any atom is -0.208 e. The van der Waals surface area contributed by atoms with Crippen molar-refractivity contribution in [1.29, 1.82) is 0 Å². The fourth-order valence-corrected chi connectivity index (χ4v) is 0.668. The van der Waals surface area contributed by atoms with Crippen LogP contribution in [0.25, 0.3) is 0 Å². The average Bonchev–Trinajstić information content (AvgIpc) is 1.90. The van der Waals surface area contributed by atoms with Crippen LogP contribution in [0.2, 0.25) is 0 Å². The van der Waals surface area contributed by atoms with Crippen LogP contribution in [0.5, 0.6) is 0 Å². The summed E-state index contributed by atoms with van der Waals surface area (Å²) in [6.45, 7) is 5.39. The van der Waals surface area contributed by atoms with E-state index in [9.17, 15) is 0 Å². The van der Waals surface area contributed by atoms with E-state index in [4.69, 9.17) is 6.92 Å². The minimum absolute atomic E-state index is 0.626. The van der Waals surface area contributed by atoms with Crippen LogP contribution < -0.4 is 4.57 Å². The fourth-order valence-electron chi connectivity index (χ4n) is 0.668. The molecule has 0 aliphatic rings. The van der Waals surface area contributed by atoms with Gasteiger partial charge < -0.3 is 0 Å². The topological polar surface area (TPSA) is 3.88 Å². The van der Waals surface area contributed by atoms with E-state index in [-0.39, 0.29) is 0 Å². The molecule has 0 N–H and O–H groups in total. The van der Waals surface area contributed by atoms with E-state index in [0.717, 1.165) is 0 Å². The molecule has 1 rings (SSSR count). The van der Waals surface area contributed by atoms with E-state index in [0.29, 0.717) is 6.42 Å². The molecule has 0 saturated heterocycles. The molecular formula is C8H10N+. The maximum Gasteiger partial charge on any atom is 0.168 e. The second-order valence-corrected chi connectivity index (χ2v) is 2.08. The normalized spacial score (nSPS) is 9.56. The summed E-state index contributed by atoms with van der Waals surface area (Å²) in [6.07, 6.45) is 4.60. The van der Waals surface area contributed by atoms with Crippen molar-refractivity contribution in [3.8, 4) is 0 Å². The van der Waals surface area contributed by atoms with Crippen molar-refractivity contribution < 1.29 is 4.57 Å². The molecule has 46 valence electrons. The number of hydrogen-bond acceptors (Lipinski definition) is 0. The molecule has 2 radical (unpaired) electrons. The Hall–Kier alpha value is -0.850. The lowest BCUT2D eigenvalue weighted by atomic mass is 10.2. The molecule has 1 aromatic rings. The number of hydrogen-bond donors (Lipinski definition) is 0. The summed E-state index contributed by atoms with van der Waals surface area (Å²) in [4.78, 5) is 0. The summed E-state index contributed by atoms with van der Waals surface area (Å²) in [5, 5.41) is 0. The van der Waals surface area contributed by atoms with Crippen molar-refractivity contribution >= 4 is 0 Å². The predicted octanol–water partition coefficient (Wildman–Crippen LogP) is 0.765. The summed E-state index contributed by atoms with van der Waals surface area (Å²) < 4.78 is 1.99. The van der Waals surface area contributed by atoms with Gasteiger partial charge in [0, 0.05) is 12.1 Å². The third-order valence-corrected chi connectivity index (χ3v) is 1.28. The van der Waals surface area contributed by atoms with Gasteiger partial charge in [0.2, 0.25) is 0 Å². The Morgan fingerprint density at radius 3 is 2.44 bits per heavy atom. The summed E-state index contributed by atoms with van der Waals surface area (Å²) in [5.74, 6) is 0. The lowest BCUT2D eigenvalue weighted by Gasteiger charge is -1.89. The van der Waals surface area contributed by atoms with E-state index in [1.54, 1.807) is 0 Å². The lowest BCUT2D eigenvalue weighted by molar-refractivity contribution is -0.671. The first-order valence-corrected chi connectivity index (χ1v) is 2.97. The summed E-state index contributed by atoms with van der Waals surface area (Å²) in [5.41, 5.74) is 1.17. The summed E-state index contributed by atoms with van der Waals surface area (Å²) in [6, 6.07) is 4.03. The molecule has 1 nitrogen and oxygen atoms in total. The number of aromatic nitrogens is 1. The van der Waals surface area contributed by atoms with Crippen molar-refractivity contribution in [2.45, 2.75) is 6.42 Å². The summed E-state index contributed by atoms with van der Waals surface area (Å²) in [7, 11) is 1.99. The Balaban J connectivity index is 2.88. The molecule has 1 heteroatoms. The molecular weight excluding hydrogens is 110 g/mol. The van der Waals surface area contributed by atoms with Crippen molar-refractivity contribution in [2.24, 2.45) is 7.05 Å². The molecule has 1 heterocycles. The van der Waals surface area contributed by atoms with Crippen LogP contribution in [0.4, 0.5) is 0 Å². The quantitative estimate of drug-likeness (QED) is 0.482. The van der Waals surface area contributed by atoms with Crippen molar-refractivity contribution in [1.82, 2.24) is 0 Å². The highest BCUT2D eigenvalue weighted by Gasteiger charge is 1.90. The zero-order chi connectivity index (χ0) is 6.69. The second-order valence-electron chi connectivity index (χ2n) is 2.08. The van der Waals surface area contributed by atoms with Gasteiger partial charge in [-0.2, -0.15) is 0 Å². The Labute approximate surface area is 56.0 Å². The third-order valence-electron chi connectivity index (χ3n) is 1.28. The van der Waals surface area contributed by atoms with E-state index in [2.05, 4.69) is 0 Å². The van der Waals surface area contributed by atoms with Gasteiger partial charge in [-0.25, -0.2) is 4.57 Å². The molecule has 0 amide bonds. The van der Waals surface area contributed by atoms with Gasteiger partial charge in [0.25, 0.3) is 0 Å². The van der Waals surface area contributed by atoms with Crippen molar-refractivity contribution in [3.05, 3.63) is 37.0 Å². The first-order valence-electron chi connectivity index (χ1n) is 2.97. The van der Waals surface area contributed by atoms with E-state index in [1.807, 2.05) is 36.1 Å². The summed E-state index contributed by atoms with van der Waals surface area (Å²) >= 11 is 0. The minimum atomic E-state index is 0.626. The van der Waals surface area contributed by atoms with Gasteiger partial charge in [0.15, 0.2) is 12.4 Å². The number of pyridine rings is 1. The number of rotatable bonds is 1. The third kappa shape index (κ3) is 1.53. The predicted molar refractivity (Wildman–Crippen MR) is 35.6 cm³/mol. The SMILES string of the molecule is [CH]Cc1cc[n+](C)cc1. The molecule has 0 atom stereocenters. The second kappa shape index (κ2) is 2.62. The highest BCUT2D eigenvalue weighted by atomic mass is 14.9. The van der Waals surface area contributed by atoms with Gasteiger partial charge in [-0.3, -0.25) is 0 Å². The van der Waals surface area contributed by atoms with E-state index < -0.39 is 0 Å². The van der Waals surface area contributed by atoms with Crippen molar-refractivity contribution in [2.75, 3.05) is 0 Å². The molecule has 0 aliphatic carbocycles. The van der Waals surface area contributed by atoms with Gasteiger partial charge in [-0.05, 0) is 18.9 Å². The van der Waals surface area contributed by atoms with Crippen molar-refractivity contribution in [3.63, 3.8) is 0 Å². The molecule has 0 saturated carbocycles. The van der Waals surface area contributed by atoms with Gasteiger partial charge >= 0.3 is 0 Å². The Bertz CT molecular complexity index is 176. The van der Waals surface area contributed by atoms with Crippen LogP contribution in [0.3, 0.4) is 0 Å². The van der Waals surface area contributed by atoms with Crippen LogP contribution in [-0.4, -0.2) is 0 Å². The van der Waals surface area contributed by atoms with Gasteiger partial charge in [0.1, 0.15) is 7.05 Å². The number of nitrogens with zero attached hydrogens (tertiary/aromatic N) is 1.